The van der Waals surface area contributed by atoms with Crippen LogP contribution in [0.1, 0.15) is 13.8 Å². The van der Waals surface area contributed by atoms with Crippen molar-refractivity contribution in [2.24, 2.45) is 0 Å². The molecule has 1 unspecified atom stereocenters. The van der Waals surface area contributed by atoms with Gasteiger partial charge in [0.15, 0.2) is 5.13 Å². The highest BCUT2D eigenvalue weighted by atomic mass is 32.1. The largest absolute Gasteiger partial charge is 0.491 e. The van der Waals surface area contributed by atoms with E-state index in [4.69, 9.17) is 14.5 Å². The first kappa shape index (κ1) is 18.0. The first-order valence-corrected chi connectivity index (χ1v) is 10.1. The van der Waals surface area contributed by atoms with Crippen molar-refractivity contribution in [1.82, 2.24) is 15.3 Å². The summed E-state index contributed by atoms with van der Waals surface area (Å²) in [6, 6.07) is 10.2. The number of hydrogen-bond acceptors (Lipinski definition) is 7. The Morgan fingerprint density at radius 3 is 3.04 bits per heavy atom. The Morgan fingerprint density at radius 1 is 1.30 bits per heavy atom. The van der Waals surface area contributed by atoms with Crippen molar-refractivity contribution < 1.29 is 9.47 Å². The number of fused-ring (bicyclic) bond motifs is 1. The quantitative estimate of drug-likeness (QED) is 0.703. The molecule has 1 saturated heterocycles. The Morgan fingerprint density at radius 2 is 2.22 bits per heavy atom. The molecule has 3 aromatic rings. The Labute approximate surface area is 163 Å². The lowest BCUT2D eigenvalue weighted by molar-refractivity contribution is 0.243. The summed E-state index contributed by atoms with van der Waals surface area (Å²) in [6.45, 7) is 7.40. The van der Waals surface area contributed by atoms with Crippen LogP contribution in [0, 0.1) is 0 Å². The lowest BCUT2D eigenvalue weighted by Crippen LogP contribution is -2.54. The topological polar surface area (TPSA) is 59.5 Å². The number of piperazine rings is 1. The van der Waals surface area contributed by atoms with Crippen molar-refractivity contribution >= 4 is 26.7 Å². The molecule has 1 aliphatic rings. The maximum atomic E-state index is 5.95. The van der Waals surface area contributed by atoms with Gasteiger partial charge >= 0.3 is 0 Å². The van der Waals surface area contributed by atoms with Crippen molar-refractivity contribution in [3.8, 4) is 11.5 Å². The fourth-order valence-corrected chi connectivity index (χ4v) is 4.24. The van der Waals surface area contributed by atoms with E-state index in [0.717, 1.165) is 46.5 Å². The standard InChI is InChI=1S/C20H24N4O2S/c1-14(2)26-16-5-6-18-19(10-16)27-20(23-18)24-9-8-22-11-15(24)13-25-17-4-3-7-21-12-17/h3-7,10,12,14-15,22H,8-9,11,13H2,1-2H3. The van der Waals surface area contributed by atoms with E-state index in [-0.39, 0.29) is 12.1 Å². The first-order valence-electron chi connectivity index (χ1n) is 9.26. The van der Waals surface area contributed by atoms with Crippen molar-refractivity contribution in [3.63, 3.8) is 0 Å². The number of aromatic nitrogens is 2. The average Bonchev–Trinajstić information content (AvgIpc) is 3.10. The molecular weight excluding hydrogens is 360 g/mol. The number of pyridine rings is 1. The third-order valence-electron chi connectivity index (χ3n) is 4.39. The molecule has 2 aromatic heterocycles. The molecule has 6 nitrogen and oxygen atoms in total. The molecule has 142 valence electrons. The summed E-state index contributed by atoms with van der Waals surface area (Å²) in [4.78, 5) is 11.3. The first-order chi connectivity index (χ1) is 13.2. The number of benzene rings is 1. The van der Waals surface area contributed by atoms with Crippen LogP contribution in [0.15, 0.2) is 42.7 Å². The van der Waals surface area contributed by atoms with Crippen LogP contribution in [-0.4, -0.2) is 48.4 Å². The highest BCUT2D eigenvalue weighted by Gasteiger charge is 2.25. The van der Waals surface area contributed by atoms with Crippen LogP contribution in [0.3, 0.4) is 0 Å². The molecule has 0 saturated carbocycles. The van der Waals surface area contributed by atoms with E-state index < -0.39 is 0 Å². The van der Waals surface area contributed by atoms with Gasteiger partial charge in [0.25, 0.3) is 0 Å². The van der Waals surface area contributed by atoms with E-state index in [2.05, 4.69) is 21.3 Å². The van der Waals surface area contributed by atoms with Gasteiger partial charge in [0.05, 0.1) is 28.6 Å². The summed E-state index contributed by atoms with van der Waals surface area (Å²) in [6.07, 6.45) is 3.66. The molecule has 1 aromatic carbocycles. The van der Waals surface area contributed by atoms with Gasteiger partial charge in [0, 0.05) is 25.8 Å². The molecule has 1 fully saturated rings. The minimum absolute atomic E-state index is 0.164. The summed E-state index contributed by atoms with van der Waals surface area (Å²) >= 11 is 1.71. The van der Waals surface area contributed by atoms with Gasteiger partial charge in [-0.25, -0.2) is 4.98 Å². The summed E-state index contributed by atoms with van der Waals surface area (Å²) < 4.78 is 12.9. The zero-order valence-corrected chi connectivity index (χ0v) is 16.4. The van der Waals surface area contributed by atoms with Crippen LogP contribution in [0.2, 0.25) is 0 Å². The molecule has 0 amide bonds. The molecule has 4 rings (SSSR count). The molecule has 1 N–H and O–H groups in total. The van der Waals surface area contributed by atoms with Gasteiger partial charge in [0.2, 0.25) is 0 Å². The Bertz CT molecular complexity index is 884. The maximum absolute atomic E-state index is 5.95. The number of thiazole rings is 1. The van der Waals surface area contributed by atoms with Crippen molar-refractivity contribution in [1.29, 1.82) is 0 Å². The Hall–Kier alpha value is -2.38. The predicted molar refractivity (Wildman–Crippen MR) is 109 cm³/mol. The second kappa shape index (κ2) is 8.10. The average molecular weight is 385 g/mol. The molecule has 0 spiro atoms. The number of nitrogens with zero attached hydrogens (tertiary/aromatic N) is 3. The van der Waals surface area contributed by atoms with Gasteiger partial charge in [-0.05, 0) is 44.2 Å². The van der Waals surface area contributed by atoms with Gasteiger partial charge < -0.3 is 19.7 Å². The van der Waals surface area contributed by atoms with E-state index in [1.165, 1.54) is 0 Å². The van der Waals surface area contributed by atoms with E-state index >= 15 is 0 Å². The van der Waals surface area contributed by atoms with E-state index in [0.29, 0.717) is 6.61 Å². The highest BCUT2D eigenvalue weighted by molar-refractivity contribution is 7.22. The Balaban J connectivity index is 1.52. The van der Waals surface area contributed by atoms with Crippen LogP contribution >= 0.6 is 11.3 Å². The third kappa shape index (κ3) is 4.31. The van der Waals surface area contributed by atoms with Crippen LogP contribution < -0.4 is 19.7 Å². The molecule has 0 bridgehead atoms. The molecule has 7 heteroatoms. The van der Waals surface area contributed by atoms with Gasteiger partial charge in [-0.3, -0.25) is 4.98 Å². The number of rotatable bonds is 6. The zero-order chi connectivity index (χ0) is 18.6. The van der Waals surface area contributed by atoms with Crippen molar-refractivity contribution in [2.45, 2.75) is 26.0 Å². The smallest absolute Gasteiger partial charge is 0.186 e. The van der Waals surface area contributed by atoms with Crippen LogP contribution in [0.4, 0.5) is 5.13 Å². The lowest BCUT2D eigenvalue weighted by atomic mass is 10.2. The second-order valence-electron chi connectivity index (χ2n) is 6.84. The SMILES string of the molecule is CC(C)Oc1ccc2nc(N3CCNCC3COc3cccnc3)sc2c1. The number of nitrogens with one attached hydrogen (secondary N) is 1. The monoisotopic (exact) mass is 384 g/mol. The van der Waals surface area contributed by atoms with Gasteiger partial charge in [-0.2, -0.15) is 0 Å². The minimum Gasteiger partial charge on any atom is -0.491 e. The van der Waals surface area contributed by atoms with Crippen molar-refractivity contribution in [3.05, 3.63) is 42.7 Å². The van der Waals surface area contributed by atoms with E-state index in [1.807, 2.05) is 38.1 Å². The summed E-state index contributed by atoms with van der Waals surface area (Å²) in [5.41, 5.74) is 1.01. The zero-order valence-electron chi connectivity index (χ0n) is 15.6. The molecule has 27 heavy (non-hydrogen) atoms. The van der Waals surface area contributed by atoms with Crippen LogP contribution in [0.5, 0.6) is 11.5 Å². The molecule has 0 radical (unpaired) electrons. The Kier molecular flexibility index (Phi) is 5.40. The van der Waals surface area contributed by atoms with Crippen LogP contribution in [-0.2, 0) is 0 Å². The number of ether oxygens (including phenoxy) is 2. The number of hydrogen-bond donors (Lipinski definition) is 1. The van der Waals surface area contributed by atoms with E-state index in [9.17, 15) is 0 Å². The molecular formula is C20H24N4O2S. The van der Waals surface area contributed by atoms with E-state index in [1.54, 1.807) is 23.7 Å². The van der Waals surface area contributed by atoms with Gasteiger partial charge in [0.1, 0.15) is 18.1 Å². The van der Waals surface area contributed by atoms with Crippen LogP contribution in [0.25, 0.3) is 10.2 Å². The normalized spacial score (nSPS) is 17.4. The minimum atomic E-state index is 0.164. The molecule has 1 aliphatic heterocycles. The fraction of sp³-hybridized carbons (Fsp3) is 0.400. The molecule has 0 aliphatic carbocycles. The van der Waals surface area contributed by atoms with Gasteiger partial charge in [-0.1, -0.05) is 11.3 Å². The summed E-state index contributed by atoms with van der Waals surface area (Å²) in [5.74, 6) is 1.69. The predicted octanol–water partition coefficient (Wildman–Crippen LogP) is 3.34. The fourth-order valence-electron chi connectivity index (χ4n) is 3.15. The maximum Gasteiger partial charge on any atom is 0.186 e. The molecule has 3 heterocycles. The number of anilines is 1. The van der Waals surface area contributed by atoms with Crippen molar-refractivity contribution in [2.75, 3.05) is 31.1 Å². The summed E-state index contributed by atoms with van der Waals surface area (Å²) in [5, 5.41) is 4.49. The molecule has 1 atom stereocenters. The third-order valence-corrected chi connectivity index (χ3v) is 5.45. The highest BCUT2D eigenvalue weighted by Crippen LogP contribution is 2.33. The lowest BCUT2D eigenvalue weighted by Gasteiger charge is -2.35. The summed E-state index contributed by atoms with van der Waals surface area (Å²) in [7, 11) is 0. The second-order valence-corrected chi connectivity index (χ2v) is 7.85. The van der Waals surface area contributed by atoms with Gasteiger partial charge in [-0.15, -0.1) is 0 Å².